The fraction of sp³-hybridized carbons (Fsp3) is 0.154. The molecule has 17 heavy (non-hydrogen) atoms. The molecule has 0 aliphatic carbocycles. The highest BCUT2D eigenvalue weighted by Crippen LogP contribution is 2.26. The van der Waals surface area contributed by atoms with E-state index in [1.54, 1.807) is 18.3 Å². The molecular formula is C13H14FN3. The number of rotatable bonds is 2. The molecule has 2 rings (SSSR count). The van der Waals surface area contributed by atoms with Crippen molar-refractivity contribution in [1.82, 2.24) is 4.98 Å². The van der Waals surface area contributed by atoms with Crippen molar-refractivity contribution in [2.75, 3.05) is 17.7 Å². The summed E-state index contributed by atoms with van der Waals surface area (Å²) in [5, 5.41) is 0. The van der Waals surface area contributed by atoms with Crippen molar-refractivity contribution in [3.63, 3.8) is 0 Å². The molecule has 0 bridgehead atoms. The fourth-order valence-corrected chi connectivity index (χ4v) is 1.65. The highest BCUT2D eigenvalue weighted by Gasteiger charge is 2.09. The average Bonchev–Trinajstić information content (AvgIpc) is 2.29. The number of aryl methyl sites for hydroxylation is 1. The molecule has 2 aromatic rings. The largest absolute Gasteiger partial charge is 0.396 e. The van der Waals surface area contributed by atoms with Crippen LogP contribution in [0.25, 0.3) is 0 Å². The highest BCUT2D eigenvalue weighted by molar-refractivity contribution is 5.70. The Morgan fingerprint density at radius 2 is 1.88 bits per heavy atom. The lowest BCUT2D eigenvalue weighted by Gasteiger charge is -2.20. The summed E-state index contributed by atoms with van der Waals surface area (Å²) in [5.74, 6) is 0.411. The number of nitrogen functional groups attached to an aromatic ring is 1. The van der Waals surface area contributed by atoms with Gasteiger partial charge in [-0.25, -0.2) is 9.37 Å². The van der Waals surface area contributed by atoms with E-state index in [1.807, 2.05) is 24.9 Å². The molecule has 0 aliphatic heterocycles. The van der Waals surface area contributed by atoms with Crippen LogP contribution < -0.4 is 10.6 Å². The minimum atomic E-state index is -0.257. The number of benzene rings is 1. The lowest BCUT2D eigenvalue weighted by atomic mass is 10.2. The number of pyridine rings is 1. The van der Waals surface area contributed by atoms with Gasteiger partial charge in [0.05, 0.1) is 5.69 Å². The molecule has 88 valence electrons. The molecular weight excluding hydrogens is 217 g/mol. The summed E-state index contributed by atoms with van der Waals surface area (Å²) in [4.78, 5) is 6.11. The number of anilines is 3. The van der Waals surface area contributed by atoms with Gasteiger partial charge in [0, 0.05) is 18.9 Å². The number of aromatic nitrogens is 1. The Hall–Kier alpha value is -2.10. The van der Waals surface area contributed by atoms with E-state index >= 15 is 0 Å². The number of hydrogen-bond acceptors (Lipinski definition) is 3. The Labute approximate surface area is 99.7 Å². The van der Waals surface area contributed by atoms with E-state index < -0.39 is 0 Å². The summed E-state index contributed by atoms with van der Waals surface area (Å²) in [6, 6.07) is 8.07. The molecule has 0 unspecified atom stereocenters. The Balaban J connectivity index is 2.36. The lowest BCUT2D eigenvalue weighted by molar-refractivity contribution is 0.628. The van der Waals surface area contributed by atoms with Crippen LogP contribution in [0.4, 0.5) is 21.6 Å². The third-order valence-corrected chi connectivity index (χ3v) is 2.56. The summed E-state index contributed by atoms with van der Waals surface area (Å²) in [5.41, 5.74) is 8.37. The van der Waals surface area contributed by atoms with Gasteiger partial charge in [-0.15, -0.1) is 0 Å². The van der Waals surface area contributed by atoms with Crippen LogP contribution in [0, 0.1) is 12.7 Å². The number of halogens is 1. The van der Waals surface area contributed by atoms with E-state index in [9.17, 15) is 4.39 Å². The van der Waals surface area contributed by atoms with Crippen LogP contribution in [0.2, 0.25) is 0 Å². The molecule has 0 spiro atoms. The predicted molar refractivity (Wildman–Crippen MR) is 67.8 cm³/mol. The van der Waals surface area contributed by atoms with Gasteiger partial charge in [-0.1, -0.05) is 0 Å². The summed E-state index contributed by atoms with van der Waals surface area (Å²) < 4.78 is 12.8. The molecule has 2 N–H and O–H groups in total. The van der Waals surface area contributed by atoms with E-state index in [2.05, 4.69) is 4.98 Å². The molecule has 0 aliphatic rings. The fourth-order valence-electron chi connectivity index (χ4n) is 1.65. The second-order valence-corrected chi connectivity index (χ2v) is 3.96. The van der Waals surface area contributed by atoms with Gasteiger partial charge < -0.3 is 10.6 Å². The van der Waals surface area contributed by atoms with Crippen LogP contribution >= 0.6 is 0 Å². The third kappa shape index (κ3) is 2.36. The van der Waals surface area contributed by atoms with Crippen molar-refractivity contribution in [3.8, 4) is 0 Å². The monoisotopic (exact) mass is 231 g/mol. The van der Waals surface area contributed by atoms with E-state index in [1.165, 1.54) is 12.1 Å². The molecule has 0 fully saturated rings. The molecule has 0 saturated carbocycles. The summed E-state index contributed by atoms with van der Waals surface area (Å²) in [6.07, 6.45) is 1.76. The van der Waals surface area contributed by atoms with Gasteiger partial charge in [0.2, 0.25) is 0 Å². The van der Waals surface area contributed by atoms with Gasteiger partial charge in [-0.2, -0.15) is 0 Å². The quantitative estimate of drug-likeness (QED) is 0.864. The van der Waals surface area contributed by atoms with Gasteiger partial charge in [-0.05, 0) is 42.8 Å². The van der Waals surface area contributed by atoms with E-state index in [0.717, 1.165) is 11.3 Å². The smallest absolute Gasteiger partial charge is 0.155 e. The number of nitrogens with two attached hydrogens (primary N) is 1. The second kappa shape index (κ2) is 4.41. The van der Waals surface area contributed by atoms with Crippen LogP contribution in [-0.2, 0) is 0 Å². The minimum Gasteiger partial charge on any atom is -0.396 e. The summed E-state index contributed by atoms with van der Waals surface area (Å²) >= 11 is 0. The molecule has 0 amide bonds. The normalized spacial score (nSPS) is 10.3. The van der Waals surface area contributed by atoms with E-state index in [4.69, 9.17) is 5.73 Å². The topological polar surface area (TPSA) is 42.2 Å². The Morgan fingerprint density at radius 1 is 1.24 bits per heavy atom. The van der Waals surface area contributed by atoms with Crippen molar-refractivity contribution in [3.05, 3.63) is 47.9 Å². The Morgan fingerprint density at radius 3 is 2.47 bits per heavy atom. The molecule has 0 radical (unpaired) electrons. The first kappa shape index (κ1) is 11.4. The maximum Gasteiger partial charge on any atom is 0.155 e. The van der Waals surface area contributed by atoms with Crippen molar-refractivity contribution in [2.24, 2.45) is 0 Å². The van der Waals surface area contributed by atoms with Gasteiger partial charge in [-0.3, -0.25) is 0 Å². The first-order chi connectivity index (χ1) is 8.08. The molecule has 4 heteroatoms. The number of hydrogen-bond donors (Lipinski definition) is 1. The Kier molecular flexibility index (Phi) is 2.95. The SMILES string of the molecule is Cc1cnc(N(C)c2ccc(F)cc2)c(N)c1. The first-order valence-electron chi connectivity index (χ1n) is 5.29. The second-order valence-electron chi connectivity index (χ2n) is 3.96. The van der Waals surface area contributed by atoms with Crippen molar-refractivity contribution >= 4 is 17.2 Å². The third-order valence-electron chi connectivity index (χ3n) is 2.56. The molecule has 0 atom stereocenters. The standard InChI is InChI=1S/C13H14FN3/c1-9-7-12(15)13(16-8-9)17(2)11-5-3-10(14)4-6-11/h3-8H,15H2,1-2H3. The van der Waals surface area contributed by atoms with Crippen LogP contribution in [-0.4, -0.2) is 12.0 Å². The van der Waals surface area contributed by atoms with Crippen LogP contribution in [0.3, 0.4) is 0 Å². The Bertz CT molecular complexity index is 523. The maximum atomic E-state index is 12.8. The molecule has 3 nitrogen and oxygen atoms in total. The predicted octanol–water partition coefficient (Wildman–Crippen LogP) is 2.88. The average molecular weight is 231 g/mol. The zero-order chi connectivity index (χ0) is 12.4. The minimum absolute atomic E-state index is 0.257. The van der Waals surface area contributed by atoms with Gasteiger partial charge >= 0.3 is 0 Å². The zero-order valence-electron chi connectivity index (χ0n) is 9.81. The molecule has 1 heterocycles. The lowest BCUT2D eigenvalue weighted by Crippen LogP contribution is -2.13. The van der Waals surface area contributed by atoms with Crippen LogP contribution in [0.15, 0.2) is 36.5 Å². The summed E-state index contributed by atoms with van der Waals surface area (Å²) in [6.45, 7) is 1.94. The molecule has 1 aromatic heterocycles. The van der Waals surface area contributed by atoms with Crippen molar-refractivity contribution in [1.29, 1.82) is 0 Å². The number of nitrogens with zero attached hydrogens (tertiary/aromatic N) is 2. The van der Waals surface area contributed by atoms with E-state index in [0.29, 0.717) is 11.5 Å². The molecule has 0 saturated heterocycles. The first-order valence-corrected chi connectivity index (χ1v) is 5.29. The van der Waals surface area contributed by atoms with Crippen molar-refractivity contribution in [2.45, 2.75) is 6.92 Å². The van der Waals surface area contributed by atoms with Gasteiger partial charge in [0.25, 0.3) is 0 Å². The van der Waals surface area contributed by atoms with Gasteiger partial charge in [0.15, 0.2) is 5.82 Å². The molecule has 1 aromatic carbocycles. The van der Waals surface area contributed by atoms with Gasteiger partial charge in [0.1, 0.15) is 5.82 Å². The maximum absolute atomic E-state index is 12.8. The highest BCUT2D eigenvalue weighted by atomic mass is 19.1. The van der Waals surface area contributed by atoms with Crippen LogP contribution in [0.5, 0.6) is 0 Å². The zero-order valence-corrected chi connectivity index (χ0v) is 9.81. The summed E-state index contributed by atoms with van der Waals surface area (Å²) in [7, 11) is 1.85. The van der Waals surface area contributed by atoms with Crippen molar-refractivity contribution < 1.29 is 4.39 Å². The van der Waals surface area contributed by atoms with Crippen LogP contribution in [0.1, 0.15) is 5.56 Å². The van der Waals surface area contributed by atoms with E-state index in [-0.39, 0.29) is 5.82 Å².